The van der Waals surface area contributed by atoms with Crippen molar-refractivity contribution >= 4 is 51.8 Å². The lowest BCUT2D eigenvalue weighted by atomic mass is 10.1. The number of pyridine rings is 1. The number of amides is 1. The van der Waals surface area contributed by atoms with Gasteiger partial charge in [0.05, 0.1) is 73.9 Å². The largest absolute Gasteiger partial charge is 0.495 e. The van der Waals surface area contributed by atoms with E-state index in [9.17, 15) is 4.79 Å². The summed E-state index contributed by atoms with van der Waals surface area (Å²) in [6.45, 7) is 7.55. The van der Waals surface area contributed by atoms with Crippen molar-refractivity contribution in [1.82, 2.24) is 25.2 Å². The van der Waals surface area contributed by atoms with E-state index in [1.165, 1.54) is 20.3 Å². The van der Waals surface area contributed by atoms with Crippen molar-refractivity contribution in [3.05, 3.63) is 41.0 Å². The van der Waals surface area contributed by atoms with Crippen molar-refractivity contribution in [3.8, 4) is 22.8 Å². The molecule has 0 spiro atoms. The van der Waals surface area contributed by atoms with Crippen molar-refractivity contribution in [2.45, 2.75) is 30.6 Å². The Kier molecular flexibility index (Phi) is 8.73. The summed E-state index contributed by atoms with van der Waals surface area (Å²) >= 11 is 13.5. The zero-order chi connectivity index (χ0) is 30.1. The van der Waals surface area contributed by atoms with Crippen molar-refractivity contribution < 1.29 is 23.7 Å². The number of hydrogen-bond donors (Lipinski definition) is 3. The van der Waals surface area contributed by atoms with Crippen LogP contribution in [-0.4, -0.2) is 104 Å². The molecule has 1 amide bonds. The summed E-state index contributed by atoms with van der Waals surface area (Å²) in [5, 5.41) is 11.3. The monoisotopic (exact) mass is 629 g/mol. The molecule has 2 aromatic heterocycles. The molecule has 3 N–H and O–H groups in total. The first-order valence-electron chi connectivity index (χ1n) is 14.0. The Morgan fingerprint density at radius 3 is 2.42 bits per heavy atom. The van der Waals surface area contributed by atoms with Crippen LogP contribution < -0.4 is 25.4 Å². The zero-order valence-electron chi connectivity index (χ0n) is 23.9. The fourth-order valence-electron chi connectivity index (χ4n) is 5.56. The highest BCUT2D eigenvalue weighted by Gasteiger charge is 2.39. The highest BCUT2D eigenvalue weighted by molar-refractivity contribution is 6.41. The summed E-state index contributed by atoms with van der Waals surface area (Å²) in [7, 11) is 3.05. The van der Waals surface area contributed by atoms with Gasteiger partial charge in [-0.25, -0.2) is 15.0 Å². The number of ether oxygens (including phenoxy) is 4. The SMILES string of the molecule is C=CC(=O)N[C@H]1CN(C2COC2)C[C@H]1Nc1ncc2cc(-c3c(Cl)c(OC)cc(OC)c3Cl)nc(NC3CCOC3)c2n1. The molecule has 0 bridgehead atoms. The molecule has 3 aliphatic rings. The number of rotatable bonds is 10. The van der Waals surface area contributed by atoms with Gasteiger partial charge in [-0.3, -0.25) is 9.69 Å². The molecule has 3 saturated heterocycles. The Morgan fingerprint density at radius 1 is 1.05 bits per heavy atom. The third-order valence-corrected chi connectivity index (χ3v) is 8.73. The molecule has 14 heteroatoms. The van der Waals surface area contributed by atoms with E-state index in [1.807, 2.05) is 6.07 Å². The van der Waals surface area contributed by atoms with Crippen molar-refractivity contribution in [3.63, 3.8) is 0 Å². The van der Waals surface area contributed by atoms with Crippen LogP contribution in [0.25, 0.3) is 22.2 Å². The van der Waals surface area contributed by atoms with Crippen LogP contribution in [0.5, 0.6) is 11.5 Å². The van der Waals surface area contributed by atoms with E-state index >= 15 is 0 Å². The lowest BCUT2D eigenvalue weighted by Gasteiger charge is -2.34. The minimum absolute atomic E-state index is 0.0506. The van der Waals surface area contributed by atoms with Crippen molar-refractivity contribution in [1.29, 1.82) is 0 Å². The molecule has 3 atom stereocenters. The number of nitrogens with one attached hydrogen (secondary N) is 3. The van der Waals surface area contributed by atoms with Gasteiger partial charge in [-0.15, -0.1) is 0 Å². The second-order valence-electron chi connectivity index (χ2n) is 10.7. The topological polar surface area (TPSA) is 132 Å². The average Bonchev–Trinajstić information content (AvgIpc) is 3.62. The second kappa shape index (κ2) is 12.7. The van der Waals surface area contributed by atoms with Gasteiger partial charge in [0.15, 0.2) is 5.82 Å². The minimum Gasteiger partial charge on any atom is -0.495 e. The van der Waals surface area contributed by atoms with Gasteiger partial charge in [0.2, 0.25) is 11.9 Å². The number of benzene rings is 1. The van der Waals surface area contributed by atoms with Crippen LogP contribution in [0.4, 0.5) is 11.8 Å². The summed E-state index contributed by atoms with van der Waals surface area (Å²) in [6, 6.07) is 3.56. The van der Waals surface area contributed by atoms with Crippen LogP contribution in [0.2, 0.25) is 10.0 Å². The molecule has 43 heavy (non-hydrogen) atoms. The molecule has 0 radical (unpaired) electrons. The predicted octanol–water partition coefficient (Wildman–Crippen LogP) is 3.38. The van der Waals surface area contributed by atoms with Gasteiger partial charge in [-0.1, -0.05) is 29.8 Å². The van der Waals surface area contributed by atoms with Gasteiger partial charge >= 0.3 is 0 Å². The van der Waals surface area contributed by atoms with Gasteiger partial charge in [-0.05, 0) is 18.6 Å². The van der Waals surface area contributed by atoms with Crippen LogP contribution in [0.3, 0.4) is 0 Å². The minimum atomic E-state index is -0.226. The number of fused-ring (bicyclic) bond motifs is 1. The molecule has 1 aromatic carbocycles. The Hall–Kier alpha value is -3.42. The quantitative estimate of drug-likeness (QED) is 0.285. The summed E-state index contributed by atoms with van der Waals surface area (Å²) < 4.78 is 21.9. The van der Waals surface area contributed by atoms with Crippen LogP contribution in [-0.2, 0) is 14.3 Å². The first kappa shape index (κ1) is 29.6. The number of aromatic nitrogens is 3. The maximum Gasteiger partial charge on any atom is 0.243 e. The Bertz CT molecular complexity index is 1500. The average molecular weight is 631 g/mol. The van der Waals surface area contributed by atoms with Gasteiger partial charge < -0.3 is 34.9 Å². The van der Waals surface area contributed by atoms with Gasteiger partial charge in [0, 0.05) is 42.9 Å². The van der Waals surface area contributed by atoms with E-state index in [-0.39, 0.29) is 24.0 Å². The second-order valence-corrected chi connectivity index (χ2v) is 11.4. The third-order valence-electron chi connectivity index (χ3n) is 7.98. The Morgan fingerprint density at radius 2 is 1.79 bits per heavy atom. The maximum absolute atomic E-state index is 12.2. The molecular formula is C29H33Cl2N7O5. The van der Waals surface area contributed by atoms with Crippen LogP contribution in [0.1, 0.15) is 6.42 Å². The fourth-order valence-corrected chi connectivity index (χ4v) is 6.25. The van der Waals surface area contributed by atoms with E-state index in [4.69, 9.17) is 52.1 Å². The Balaban J connectivity index is 1.37. The van der Waals surface area contributed by atoms with E-state index in [1.54, 1.807) is 12.3 Å². The molecule has 1 unspecified atom stereocenters. The van der Waals surface area contributed by atoms with E-state index in [0.717, 1.165) is 11.8 Å². The maximum atomic E-state index is 12.2. The smallest absolute Gasteiger partial charge is 0.243 e. The van der Waals surface area contributed by atoms with Crippen LogP contribution >= 0.6 is 23.2 Å². The number of methoxy groups -OCH3 is 2. The van der Waals surface area contributed by atoms with E-state index in [2.05, 4.69) is 32.4 Å². The number of likely N-dealkylation sites (tertiary alicyclic amines) is 1. The Labute approximate surface area is 259 Å². The summed E-state index contributed by atoms with van der Waals surface area (Å²) in [5.74, 6) is 1.55. The van der Waals surface area contributed by atoms with E-state index in [0.29, 0.717) is 95.6 Å². The molecule has 0 aliphatic carbocycles. The summed E-state index contributed by atoms with van der Waals surface area (Å²) in [5.41, 5.74) is 1.59. The highest BCUT2D eigenvalue weighted by atomic mass is 35.5. The fraction of sp³-hybridized carbons (Fsp3) is 0.448. The van der Waals surface area contributed by atoms with Gasteiger partial charge in [0.25, 0.3) is 0 Å². The predicted molar refractivity (Wildman–Crippen MR) is 164 cm³/mol. The molecule has 3 aromatic rings. The first-order valence-corrected chi connectivity index (χ1v) is 14.8. The molecule has 12 nitrogen and oxygen atoms in total. The first-order chi connectivity index (χ1) is 20.9. The lowest BCUT2D eigenvalue weighted by Crippen LogP contribution is -2.49. The molecule has 6 rings (SSSR count). The van der Waals surface area contributed by atoms with Crippen molar-refractivity contribution in [2.24, 2.45) is 0 Å². The van der Waals surface area contributed by atoms with Crippen molar-refractivity contribution in [2.75, 3.05) is 64.4 Å². The van der Waals surface area contributed by atoms with Gasteiger partial charge in [0.1, 0.15) is 17.0 Å². The highest BCUT2D eigenvalue weighted by Crippen LogP contribution is 2.46. The molecular weight excluding hydrogens is 597 g/mol. The number of carbonyl (C=O) groups excluding carboxylic acids is 1. The molecule has 5 heterocycles. The summed E-state index contributed by atoms with van der Waals surface area (Å²) in [6.07, 6.45) is 3.84. The van der Waals surface area contributed by atoms with Gasteiger partial charge in [-0.2, -0.15) is 0 Å². The molecule has 3 fully saturated rings. The molecule has 3 aliphatic heterocycles. The van der Waals surface area contributed by atoms with Crippen LogP contribution in [0, 0.1) is 0 Å². The lowest BCUT2D eigenvalue weighted by molar-refractivity contribution is -0.117. The number of anilines is 2. The standard InChI is InChI=1S/C29H33Cl2N7O5/c1-4-23(39)34-19-10-38(17-13-43-14-17)11-20(19)36-29-32-9-15-7-18(24-25(30)21(40-2)8-22(41-3)26(24)31)35-28(27(15)37-29)33-16-5-6-42-12-16/h4,7-9,16-17,19-20H,1,5-6,10-14H2,2-3H3,(H,33,35)(H,34,39)(H,32,36,37)/t16?,19-,20+/m0/s1. The summed E-state index contributed by atoms with van der Waals surface area (Å²) in [4.78, 5) is 29.0. The van der Waals surface area contributed by atoms with Crippen LogP contribution in [0.15, 0.2) is 31.0 Å². The third kappa shape index (κ3) is 6.02. The normalized spacial score (nSPS) is 22.3. The number of nitrogens with zero attached hydrogens (tertiary/aromatic N) is 4. The molecule has 228 valence electrons. The van der Waals surface area contributed by atoms with E-state index < -0.39 is 0 Å². The zero-order valence-corrected chi connectivity index (χ0v) is 25.4. The number of halogens is 2. The molecule has 0 saturated carbocycles. The number of carbonyl (C=O) groups is 1. The number of hydrogen-bond acceptors (Lipinski definition) is 11.